The van der Waals surface area contributed by atoms with Crippen molar-refractivity contribution < 1.29 is 4.74 Å². The van der Waals surface area contributed by atoms with Gasteiger partial charge in [-0.15, -0.1) is 0 Å². The molecule has 0 spiro atoms. The Morgan fingerprint density at radius 2 is 2.14 bits per heavy atom. The zero-order chi connectivity index (χ0) is 14.8. The first kappa shape index (κ1) is 13.1. The van der Waals surface area contributed by atoms with Gasteiger partial charge in [-0.05, 0) is 42.8 Å². The summed E-state index contributed by atoms with van der Waals surface area (Å²) in [6, 6.07) is 13.6. The number of rotatable bonds is 3. The Morgan fingerprint density at radius 1 is 1.29 bits per heavy atom. The molecule has 0 unspecified atom stereocenters. The van der Waals surface area contributed by atoms with E-state index in [0.29, 0.717) is 17.9 Å². The van der Waals surface area contributed by atoms with Gasteiger partial charge in [0.15, 0.2) is 0 Å². The number of fused-ring (bicyclic) bond motifs is 1. The number of nitrogen functional groups attached to an aromatic ring is 1. The first-order chi connectivity index (χ1) is 10.2. The fourth-order valence-electron chi connectivity index (χ4n) is 2.41. The second kappa shape index (κ2) is 5.22. The van der Waals surface area contributed by atoms with Gasteiger partial charge in [0.05, 0.1) is 11.1 Å². The number of aryl methyl sites for hydroxylation is 1. The number of nitrogens with two attached hydrogens (primary N) is 1. The standard InChI is InChI=1S/C17H15N3O/c1-12-8-14(19)5-6-17(12)21-11-13-10-20-7-3-2-4-16(20)15(13)9-18/h2-8,10H,11,19H2,1H3. The lowest BCUT2D eigenvalue weighted by molar-refractivity contribution is 0.304. The zero-order valence-electron chi connectivity index (χ0n) is 11.7. The van der Waals surface area contributed by atoms with E-state index in [1.165, 1.54) is 0 Å². The lowest BCUT2D eigenvalue weighted by Gasteiger charge is -2.09. The molecule has 21 heavy (non-hydrogen) atoms. The molecule has 0 bridgehead atoms. The topological polar surface area (TPSA) is 63.4 Å². The molecule has 3 rings (SSSR count). The van der Waals surface area contributed by atoms with Gasteiger partial charge in [0.2, 0.25) is 0 Å². The molecule has 3 aromatic rings. The van der Waals surface area contributed by atoms with Crippen LogP contribution in [0.4, 0.5) is 5.69 Å². The Morgan fingerprint density at radius 3 is 2.90 bits per heavy atom. The van der Waals surface area contributed by atoms with Crippen molar-refractivity contribution >= 4 is 11.2 Å². The molecule has 0 aliphatic carbocycles. The third-order valence-corrected chi connectivity index (χ3v) is 3.46. The smallest absolute Gasteiger partial charge is 0.122 e. The molecule has 4 nitrogen and oxygen atoms in total. The highest BCUT2D eigenvalue weighted by Crippen LogP contribution is 2.23. The molecule has 0 radical (unpaired) electrons. The highest BCUT2D eigenvalue weighted by molar-refractivity contribution is 5.65. The van der Waals surface area contributed by atoms with E-state index in [1.54, 1.807) is 0 Å². The van der Waals surface area contributed by atoms with Crippen molar-refractivity contribution in [2.24, 2.45) is 0 Å². The summed E-state index contributed by atoms with van der Waals surface area (Å²) in [7, 11) is 0. The normalized spacial score (nSPS) is 10.5. The average molecular weight is 277 g/mol. The van der Waals surface area contributed by atoms with Crippen LogP contribution in [0.15, 0.2) is 48.8 Å². The minimum atomic E-state index is 0.356. The Bertz CT molecular complexity index is 843. The zero-order valence-corrected chi connectivity index (χ0v) is 11.7. The lowest BCUT2D eigenvalue weighted by atomic mass is 10.2. The van der Waals surface area contributed by atoms with E-state index in [2.05, 4.69) is 6.07 Å². The minimum Gasteiger partial charge on any atom is -0.489 e. The van der Waals surface area contributed by atoms with Crippen LogP contribution in [0.2, 0.25) is 0 Å². The molecular formula is C17H15N3O. The molecule has 1 aromatic carbocycles. The van der Waals surface area contributed by atoms with Gasteiger partial charge in [-0.1, -0.05) is 6.07 Å². The van der Waals surface area contributed by atoms with Crippen LogP contribution in [-0.2, 0) is 6.61 Å². The maximum absolute atomic E-state index is 9.36. The number of nitriles is 1. The van der Waals surface area contributed by atoms with E-state index < -0.39 is 0 Å². The van der Waals surface area contributed by atoms with Crippen LogP contribution in [0.1, 0.15) is 16.7 Å². The van der Waals surface area contributed by atoms with Crippen molar-refractivity contribution in [3.05, 3.63) is 65.5 Å². The predicted molar refractivity (Wildman–Crippen MR) is 82.0 cm³/mol. The molecule has 0 aliphatic heterocycles. The predicted octanol–water partition coefficient (Wildman–Crippen LogP) is 3.28. The van der Waals surface area contributed by atoms with E-state index in [-0.39, 0.29) is 0 Å². The fourth-order valence-corrected chi connectivity index (χ4v) is 2.41. The minimum absolute atomic E-state index is 0.356. The van der Waals surface area contributed by atoms with E-state index >= 15 is 0 Å². The van der Waals surface area contributed by atoms with Gasteiger partial charge in [0.1, 0.15) is 18.4 Å². The summed E-state index contributed by atoms with van der Waals surface area (Å²) in [4.78, 5) is 0. The Balaban J connectivity index is 1.90. The average Bonchev–Trinajstić information content (AvgIpc) is 2.83. The van der Waals surface area contributed by atoms with Gasteiger partial charge in [0.25, 0.3) is 0 Å². The molecule has 0 saturated heterocycles. The van der Waals surface area contributed by atoms with Crippen molar-refractivity contribution in [2.75, 3.05) is 5.73 Å². The van der Waals surface area contributed by atoms with E-state index in [9.17, 15) is 5.26 Å². The van der Waals surface area contributed by atoms with Crippen molar-refractivity contribution in [2.45, 2.75) is 13.5 Å². The molecule has 4 heteroatoms. The number of aromatic nitrogens is 1. The number of pyridine rings is 1. The summed E-state index contributed by atoms with van der Waals surface area (Å²) in [5.74, 6) is 0.781. The Kier molecular flexibility index (Phi) is 3.25. The molecule has 104 valence electrons. The van der Waals surface area contributed by atoms with E-state index in [4.69, 9.17) is 10.5 Å². The van der Waals surface area contributed by atoms with Crippen molar-refractivity contribution in [1.82, 2.24) is 4.40 Å². The number of anilines is 1. The van der Waals surface area contributed by atoms with Crippen LogP contribution in [0.5, 0.6) is 5.75 Å². The van der Waals surface area contributed by atoms with Crippen LogP contribution < -0.4 is 10.5 Å². The quantitative estimate of drug-likeness (QED) is 0.747. The maximum Gasteiger partial charge on any atom is 0.122 e. The fraction of sp³-hybridized carbons (Fsp3) is 0.118. The van der Waals surface area contributed by atoms with Gasteiger partial charge < -0.3 is 14.9 Å². The number of hydrogen-bond acceptors (Lipinski definition) is 3. The molecule has 2 heterocycles. The third kappa shape index (κ3) is 2.41. The summed E-state index contributed by atoms with van der Waals surface area (Å²) >= 11 is 0. The summed E-state index contributed by atoms with van der Waals surface area (Å²) in [5.41, 5.74) is 9.86. The van der Waals surface area contributed by atoms with E-state index in [0.717, 1.165) is 22.4 Å². The summed E-state index contributed by atoms with van der Waals surface area (Å²) in [5, 5.41) is 9.36. The highest BCUT2D eigenvalue weighted by Gasteiger charge is 2.11. The molecule has 0 fully saturated rings. The maximum atomic E-state index is 9.36. The number of benzene rings is 1. The van der Waals surface area contributed by atoms with Crippen LogP contribution >= 0.6 is 0 Å². The van der Waals surface area contributed by atoms with Gasteiger partial charge in [-0.2, -0.15) is 5.26 Å². The molecule has 2 aromatic heterocycles. The monoisotopic (exact) mass is 277 g/mol. The second-order valence-electron chi connectivity index (χ2n) is 4.95. The largest absolute Gasteiger partial charge is 0.489 e. The van der Waals surface area contributed by atoms with Gasteiger partial charge >= 0.3 is 0 Å². The third-order valence-electron chi connectivity index (χ3n) is 3.46. The van der Waals surface area contributed by atoms with Crippen molar-refractivity contribution in [3.63, 3.8) is 0 Å². The van der Waals surface area contributed by atoms with Crippen LogP contribution in [-0.4, -0.2) is 4.40 Å². The van der Waals surface area contributed by atoms with Crippen LogP contribution in [0.3, 0.4) is 0 Å². The second-order valence-corrected chi connectivity index (χ2v) is 4.95. The van der Waals surface area contributed by atoms with Crippen molar-refractivity contribution in [3.8, 4) is 11.8 Å². The summed E-state index contributed by atoms with van der Waals surface area (Å²) in [6.07, 6.45) is 3.86. The SMILES string of the molecule is Cc1cc(N)ccc1OCc1cn2ccccc2c1C#N. The van der Waals surface area contributed by atoms with Gasteiger partial charge in [-0.3, -0.25) is 0 Å². The number of nitrogens with zero attached hydrogens (tertiary/aromatic N) is 2. The lowest BCUT2D eigenvalue weighted by Crippen LogP contribution is -1.98. The molecular weight excluding hydrogens is 262 g/mol. The van der Waals surface area contributed by atoms with E-state index in [1.807, 2.05) is 60.1 Å². The molecule has 0 atom stereocenters. The highest BCUT2D eigenvalue weighted by atomic mass is 16.5. The summed E-state index contributed by atoms with van der Waals surface area (Å²) < 4.78 is 7.77. The first-order valence-electron chi connectivity index (χ1n) is 6.66. The van der Waals surface area contributed by atoms with Gasteiger partial charge in [0, 0.05) is 23.6 Å². The molecule has 0 amide bonds. The molecule has 2 N–H and O–H groups in total. The van der Waals surface area contributed by atoms with Crippen LogP contribution in [0.25, 0.3) is 5.52 Å². The number of ether oxygens (including phenoxy) is 1. The Hall–Kier alpha value is -2.93. The first-order valence-corrected chi connectivity index (χ1v) is 6.66. The Labute approximate surface area is 123 Å². The van der Waals surface area contributed by atoms with Crippen LogP contribution in [0, 0.1) is 18.3 Å². The van der Waals surface area contributed by atoms with Crippen molar-refractivity contribution in [1.29, 1.82) is 5.26 Å². The summed E-state index contributed by atoms with van der Waals surface area (Å²) in [6.45, 7) is 2.31. The van der Waals surface area contributed by atoms with Gasteiger partial charge in [-0.25, -0.2) is 0 Å². The molecule has 0 aliphatic rings. The molecule has 0 saturated carbocycles. The number of hydrogen-bond donors (Lipinski definition) is 1.